The number of amides is 2. The molecule has 0 aliphatic rings. The molecular weight excluding hydrogens is 294 g/mol. The maximum absolute atomic E-state index is 11.7. The Labute approximate surface area is 134 Å². The average Bonchev–Trinajstić information content (AvgIpc) is 3.11. The maximum Gasteiger partial charge on any atom is 0.240 e. The third-order valence-corrected chi connectivity index (χ3v) is 3.14. The number of hydrogen-bond donors (Lipinski definition) is 2. The molecule has 0 bridgehead atoms. The van der Waals surface area contributed by atoms with E-state index in [9.17, 15) is 9.59 Å². The fraction of sp³-hybridized carbons (Fsp3) is 0.235. The Hall–Kier alpha value is -2.89. The predicted molar refractivity (Wildman–Crippen MR) is 86.6 cm³/mol. The van der Waals surface area contributed by atoms with Crippen molar-refractivity contribution in [3.8, 4) is 0 Å². The molecule has 2 aromatic rings. The highest BCUT2D eigenvalue weighted by atomic mass is 16.3. The van der Waals surface area contributed by atoms with E-state index in [0.717, 1.165) is 5.56 Å². The van der Waals surface area contributed by atoms with E-state index < -0.39 is 0 Å². The average molecular weight is 313 g/mol. The van der Waals surface area contributed by atoms with Crippen LogP contribution >= 0.6 is 0 Å². The molecule has 0 saturated heterocycles. The van der Waals surface area contributed by atoms with Gasteiger partial charge in [-0.05, 0) is 24.6 Å². The largest absolute Gasteiger partial charge is 0.463 e. The summed E-state index contributed by atoms with van der Waals surface area (Å²) in [6, 6.07) is 13.1. The van der Waals surface area contributed by atoms with Crippen LogP contribution in [0.3, 0.4) is 0 Å². The Bertz CT molecular complexity index is 664. The molecule has 0 spiro atoms. The van der Waals surface area contributed by atoms with Crippen LogP contribution in [0.25, 0.3) is 0 Å². The maximum atomic E-state index is 11.7. The molecule has 0 unspecified atom stereocenters. The number of carbonyl (C=O) groups excluding carboxylic acids is 2. The lowest BCUT2D eigenvalue weighted by molar-refractivity contribution is -0.126. The summed E-state index contributed by atoms with van der Waals surface area (Å²) in [5, 5.41) is 6.70. The number of furan rings is 1. The number of hydrogen-bond acceptors (Lipinski definition) is 4. The molecule has 0 fully saturated rings. The quantitative estimate of drug-likeness (QED) is 0.607. The van der Waals surface area contributed by atoms with Crippen LogP contribution in [0.15, 0.2) is 58.2 Å². The van der Waals surface area contributed by atoms with E-state index in [1.165, 1.54) is 6.26 Å². The molecule has 1 aromatic heterocycles. The second-order valence-electron chi connectivity index (χ2n) is 4.97. The Morgan fingerprint density at radius 1 is 1.04 bits per heavy atom. The van der Waals surface area contributed by atoms with Gasteiger partial charge in [0, 0.05) is 19.4 Å². The Morgan fingerprint density at radius 3 is 2.48 bits per heavy atom. The van der Waals surface area contributed by atoms with E-state index in [-0.39, 0.29) is 24.7 Å². The normalized spacial score (nSPS) is 11.1. The summed E-state index contributed by atoms with van der Waals surface area (Å²) in [5.74, 6) is 0.104. The Morgan fingerprint density at radius 2 is 1.78 bits per heavy atom. The second-order valence-corrected chi connectivity index (χ2v) is 4.97. The van der Waals surface area contributed by atoms with Crippen molar-refractivity contribution in [1.82, 2.24) is 10.7 Å². The van der Waals surface area contributed by atoms with Gasteiger partial charge in [-0.25, -0.2) is 5.43 Å². The van der Waals surface area contributed by atoms with Crippen molar-refractivity contribution in [3.05, 3.63) is 60.1 Å². The van der Waals surface area contributed by atoms with Gasteiger partial charge >= 0.3 is 0 Å². The van der Waals surface area contributed by atoms with Gasteiger partial charge in [-0.15, -0.1) is 0 Å². The smallest absolute Gasteiger partial charge is 0.240 e. The molecule has 2 rings (SSSR count). The molecule has 1 aromatic carbocycles. The molecule has 1 heterocycles. The molecule has 6 heteroatoms. The van der Waals surface area contributed by atoms with Crippen molar-refractivity contribution < 1.29 is 14.0 Å². The lowest BCUT2D eigenvalue weighted by Crippen LogP contribution is -2.26. The lowest BCUT2D eigenvalue weighted by atomic mass is 10.2. The van der Waals surface area contributed by atoms with Crippen LogP contribution in [-0.2, 0) is 16.1 Å². The van der Waals surface area contributed by atoms with Crippen LogP contribution in [0.1, 0.15) is 31.1 Å². The zero-order valence-corrected chi connectivity index (χ0v) is 12.9. The van der Waals surface area contributed by atoms with Crippen LogP contribution < -0.4 is 10.7 Å². The van der Waals surface area contributed by atoms with Gasteiger partial charge in [0.1, 0.15) is 11.5 Å². The summed E-state index contributed by atoms with van der Waals surface area (Å²) in [5.41, 5.74) is 3.99. The first-order valence-electron chi connectivity index (χ1n) is 7.33. The number of carbonyl (C=O) groups is 2. The highest BCUT2D eigenvalue weighted by Gasteiger charge is 2.07. The lowest BCUT2D eigenvalue weighted by Gasteiger charge is -2.05. The van der Waals surface area contributed by atoms with Crippen LogP contribution in [0.4, 0.5) is 0 Å². The van der Waals surface area contributed by atoms with Crippen LogP contribution in [0.2, 0.25) is 0 Å². The first kappa shape index (κ1) is 16.5. The standard InChI is InChI=1S/C17H19N3O3/c1-13(15-8-5-11-23-15)19-20-17(22)10-9-16(21)18-12-14-6-3-2-4-7-14/h2-8,11H,9-10,12H2,1H3,(H,18,21)(H,20,22)/b19-13+. The van der Waals surface area contributed by atoms with E-state index in [4.69, 9.17) is 4.42 Å². The highest BCUT2D eigenvalue weighted by molar-refractivity contribution is 5.96. The van der Waals surface area contributed by atoms with Crippen LogP contribution in [0.5, 0.6) is 0 Å². The van der Waals surface area contributed by atoms with E-state index in [0.29, 0.717) is 18.0 Å². The van der Waals surface area contributed by atoms with Crippen molar-refractivity contribution >= 4 is 17.5 Å². The monoisotopic (exact) mass is 313 g/mol. The number of nitrogens with one attached hydrogen (secondary N) is 2. The van der Waals surface area contributed by atoms with Crippen molar-refractivity contribution in [1.29, 1.82) is 0 Å². The predicted octanol–water partition coefficient (Wildman–Crippen LogP) is 2.22. The fourth-order valence-electron chi connectivity index (χ4n) is 1.85. The number of benzene rings is 1. The third-order valence-electron chi connectivity index (χ3n) is 3.14. The third kappa shape index (κ3) is 5.78. The summed E-state index contributed by atoms with van der Waals surface area (Å²) in [7, 11) is 0. The number of nitrogens with zero attached hydrogens (tertiary/aromatic N) is 1. The molecule has 0 aliphatic carbocycles. The molecule has 120 valence electrons. The van der Waals surface area contributed by atoms with E-state index >= 15 is 0 Å². The molecule has 0 radical (unpaired) electrons. The molecule has 2 N–H and O–H groups in total. The van der Waals surface area contributed by atoms with Gasteiger partial charge in [0.05, 0.1) is 6.26 Å². The SMILES string of the molecule is C/C(=N\NC(=O)CCC(=O)NCc1ccccc1)c1ccco1. The summed E-state index contributed by atoms with van der Waals surface area (Å²) in [6.45, 7) is 2.18. The van der Waals surface area contributed by atoms with E-state index in [1.807, 2.05) is 30.3 Å². The van der Waals surface area contributed by atoms with Crippen molar-refractivity contribution in [2.24, 2.45) is 5.10 Å². The number of hydrazone groups is 1. The van der Waals surface area contributed by atoms with Crippen molar-refractivity contribution in [3.63, 3.8) is 0 Å². The minimum Gasteiger partial charge on any atom is -0.463 e. The number of rotatable bonds is 7. The minimum absolute atomic E-state index is 0.0789. The zero-order valence-electron chi connectivity index (χ0n) is 12.9. The van der Waals surface area contributed by atoms with Gasteiger partial charge in [-0.1, -0.05) is 30.3 Å². The summed E-state index contributed by atoms with van der Waals surface area (Å²) in [4.78, 5) is 23.4. The highest BCUT2D eigenvalue weighted by Crippen LogP contribution is 2.01. The molecular formula is C17H19N3O3. The van der Waals surface area contributed by atoms with Gasteiger partial charge in [0.25, 0.3) is 0 Å². The topological polar surface area (TPSA) is 83.7 Å². The molecule has 0 atom stereocenters. The van der Waals surface area contributed by atoms with Crippen LogP contribution in [0, 0.1) is 0 Å². The van der Waals surface area contributed by atoms with Gasteiger partial charge in [0.2, 0.25) is 11.8 Å². The molecule has 6 nitrogen and oxygen atoms in total. The molecule has 0 aliphatic heterocycles. The molecule has 2 amide bonds. The summed E-state index contributed by atoms with van der Waals surface area (Å²) < 4.78 is 5.15. The van der Waals surface area contributed by atoms with Crippen molar-refractivity contribution in [2.45, 2.75) is 26.3 Å². The first-order chi connectivity index (χ1) is 11.1. The Kier molecular flexibility index (Phi) is 6.11. The van der Waals surface area contributed by atoms with Gasteiger partial charge in [-0.3, -0.25) is 9.59 Å². The van der Waals surface area contributed by atoms with Crippen LogP contribution in [-0.4, -0.2) is 17.5 Å². The Balaban J connectivity index is 1.67. The fourth-order valence-corrected chi connectivity index (χ4v) is 1.85. The summed E-state index contributed by atoms with van der Waals surface area (Å²) >= 11 is 0. The minimum atomic E-state index is -0.314. The van der Waals surface area contributed by atoms with Gasteiger partial charge < -0.3 is 9.73 Å². The first-order valence-corrected chi connectivity index (χ1v) is 7.33. The van der Waals surface area contributed by atoms with E-state index in [1.54, 1.807) is 19.1 Å². The second kappa shape index (κ2) is 8.53. The van der Waals surface area contributed by atoms with Gasteiger partial charge in [0.15, 0.2) is 0 Å². The van der Waals surface area contributed by atoms with Crippen molar-refractivity contribution in [2.75, 3.05) is 0 Å². The summed E-state index contributed by atoms with van der Waals surface area (Å²) in [6.07, 6.45) is 1.73. The molecule has 23 heavy (non-hydrogen) atoms. The zero-order chi connectivity index (χ0) is 16.5. The molecule has 0 saturated carbocycles. The van der Waals surface area contributed by atoms with E-state index in [2.05, 4.69) is 15.8 Å². The van der Waals surface area contributed by atoms with Gasteiger partial charge in [-0.2, -0.15) is 5.10 Å².